The van der Waals surface area contributed by atoms with Crippen LogP contribution in [0.25, 0.3) is 0 Å². The quantitative estimate of drug-likeness (QED) is 0.275. The van der Waals surface area contributed by atoms with Crippen molar-refractivity contribution in [2.24, 2.45) is 11.8 Å². The zero-order valence-corrected chi connectivity index (χ0v) is 28.6. The lowest BCUT2D eigenvalue weighted by Gasteiger charge is -2.36. The Kier molecular flexibility index (Phi) is 13.6. The van der Waals surface area contributed by atoms with E-state index in [2.05, 4.69) is 0 Å². The van der Waals surface area contributed by atoms with E-state index in [1.54, 1.807) is 38.1 Å². The number of esters is 3. The molecule has 13 heteroatoms. The van der Waals surface area contributed by atoms with Gasteiger partial charge in [-0.25, -0.2) is 14.4 Å². The standard InChI is InChI=1S/C33H50N4O9/c1-11-18(3)26-32(42)45-21(6)28(38)35(8)20(5)31(41)44-22(7)29(39)36(9)27(19(4)12-2)33(43)46-25(30(40)37(26)10)17-23-15-13-14-16-24(23)34/h13-16,18-22,25-27H,11-12,17,34H2,1-10H3/t18-,19-,20+,21-,22-,25-,26+,27+/m1/s1. The number of amides is 3. The Labute approximate surface area is 271 Å². The van der Waals surface area contributed by atoms with Crippen LogP contribution in [0.5, 0.6) is 0 Å². The van der Waals surface area contributed by atoms with Crippen molar-refractivity contribution in [3.8, 4) is 0 Å². The highest BCUT2D eigenvalue weighted by atomic mass is 16.6. The minimum absolute atomic E-state index is 0.111. The van der Waals surface area contributed by atoms with E-state index in [0.717, 1.165) is 9.80 Å². The van der Waals surface area contributed by atoms with Crippen molar-refractivity contribution in [2.45, 2.75) is 104 Å². The second-order valence-corrected chi connectivity index (χ2v) is 12.2. The van der Waals surface area contributed by atoms with Crippen molar-refractivity contribution < 1.29 is 43.0 Å². The summed E-state index contributed by atoms with van der Waals surface area (Å²) in [5, 5.41) is 0. The summed E-state index contributed by atoms with van der Waals surface area (Å²) in [5.41, 5.74) is 7.09. The summed E-state index contributed by atoms with van der Waals surface area (Å²) in [6, 6.07) is 3.38. The number of cyclic esters (lactones) is 3. The normalized spacial score (nSPS) is 27.7. The molecule has 3 amide bonds. The number of ether oxygens (including phenoxy) is 3. The first-order chi connectivity index (χ1) is 21.5. The number of carbonyl (C=O) groups is 6. The van der Waals surface area contributed by atoms with Crippen molar-refractivity contribution >= 4 is 41.3 Å². The number of hydrogen-bond donors (Lipinski definition) is 1. The number of nitrogen functional groups attached to an aromatic ring is 1. The van der Waals surface area contributed by atoms with Gasteiger partial charge in [0.05, 0.1) is 0 Å². The number of carbonyl (C=O) groups excluding carboxylic acids is 6. The number of nitrogens with two attached hydrogens (primary N) is 1. The molecule has 1 saturated heterocycles. The Morgan fingerprint density at radius 3 is 1.61 bits per heavy atom. The van der Waals surface area contributed by atoms with Gasteiger partial charge < -0.3 is 34.6 Å². The molecular formula is C33H50N4O9. The molecule has 0 bridgehead atoms. The Balaban J connectivity index is 2.71. The highest BCUT2D eigenvalue weighted by Gasteiger charge is 2.42. The second-order valence-electron chi connectivity index (χ2n) is 12.2. The van der Waals surface area contributed by atoms with Gasteiger partial charge in [-0.1, -0.05) is 58.7 Å². The third-order valence-corrected chi connectivity index (χ3v) is 8.92. The summed E-state index contributed by atoms with van der Waals surface area (Å²) in [5.74, 6) is -5.44. The van der Waals surface area contributed by atoms with Crippen molar-refractivity contribution in [3.05, 3.63) is 29.8 Å². The van der Waals surface area contributed by atoms with Gasteiger partial charge in [-0.15, -0.1) is 0 Å². The number of rotatable bonds is 6. The van der Waals surface area contributed by atoms with Crippen molar-refractivity contribution in [1.82, 2.24) is 14.7 Å². The molecule has 1 aliphatic heterocycles. The Morgan fingerprint density at radius 2 is 1.11 bits per heavy atom. The average molecular weight is 647 g/mol. The van der Waals surface area contributed by atoms with Gasteiger partial charge in [0.1, 0.15) is 18.1 Å². The van der Waals surface area contributed by atoms with Gasteiger partial charge >= 0.3 is 17.9 Å². The zero-order valence-electron chi connectivity index (χ0n) is 28.6. The van der Waals surface area contributed by atoms with Gasteiger partial charge in [0, 0.05) is 33.3 Å². The fourth-order valence-corrected chi connectivity index (χ4v) is 5.34. The molecular weight excluding hydrogens is 596 g/mol. The lowest BCUT2D eigenvalue weighted by molar-refractivity contribution is -0.177. The molecule has 1 fully saturated rings. The van der Waals surface area contributed by atoms with Gasteiger partial charge in [-0.05, 0) is 44.2 Å². The summed E-state index contributed by atoms with van der Waals surface area (Å²) < 4.78 is 16.9. The molecule has 8 atom stereocenters. The lowest BCUT2D eigenvalue weighted by atomic mass is 9.96. The molecule has 46 heavy (non-hydrogen) atoms. The predicted molar refractivity (Wildman–Crippen MR) is 170 cm³/mol. The van der Waals surface area contributed by atoms with E-state index in [4.69, 9.17) is 19.9 Å². The molecule has 256 valence electrons. The van der Waals surface area contributed by atoms with E-state index in [1.807, 2.05) is 13.8 Å². The number of hydrogen-bond acceptors (Lipinski definition) is 10. The van der Waals surface area contributed by atoms with Crippen LogP contribution in [0.4, 0.5) is 5.69 Å². The largest absolute Gasteiger partial charge is 0.451 e. The topological polar surface area (TPSA) is 166 Å². The van der Waals surface area contributed by atoms with Crippen LogP contribution in [0.3, 0.4) is 0 Å². The molecule has 2 N–H and O–H groups in total. The number of para-hydroxylation sites is 1. The summed E-state index contributed by atoms with van der Waals surface area (Å²) in [4.78, 5) is 84.8. The van der Waals surface area contributed by atoms with Gasteiger partial charge in [-0.2, -0.15) is 0 Å². The van der Waals surface area contributed by atoms with Crippen molar-refractivity contribution in [1.29, 1.82) is 0 Å². The van der Waals surface area contributed by atoms with Crippen LogP contribution in [0.15, 0.2) is 24.3 Å². The molecule has 2 rings (SSSR count). The molecule has 0 unspecified atom stereocenters. The summed E-state index contributed by atoms with van der Waals surface area (Å²) in [6.07, 6.45) is -3.24. The van der Waals surface area contributed by atoms with Crippen molar-refractivity contribution in [2.75, 3.05) is 26.9 Å². The van der Waals surface area contributed by atoms with Crippen LogP contribution >= 0.6 is 0 Å². The van der Waals surface area contributed by atoms with Gasteiger partial charge in [-0.3, -0.25) is 14.4 Å². The number of likely N-dealkylation sites (N-methyl/N-ethyl adjacent to an activating group) is 3. The maximum atomic E-state index is 14.2. The maximum absolute atomic E-state index is 14.2. The summed E-state index contributed by atoms with van der Waals surface area (Å²) in [7, 11) is 4.16. The highest BCUT2D eigenvalue weighted by Crippen LogP contribution is 2.24. The Morgan fingerprint density at radius 1 is 0.674 bits per heavy atom. The third kappa shape index (κ3) is 8.76. The molecule has 13 nitrogen and oxygen atoms in total. The minimum Gasteiger partial charge on any atom is -0.451 e. The van der Waals surface area contributed by atoms with Gasteiger partial charge in [0.15, 0.2) is 18.3 Å². The van der Waals surface area contributed by atoms with Gasteiger partial charge in [0.25, 0.3) is 17.7 Å². The van der Waals surface area contributed by atoms with Crippen molar-refractivity contribution in [3.63, 3.8) is 0 Å². The van der Waals surface area contributed by atoms with Crippen LogP contribution in [-0.2, 0) is 49.4 Å². The average Bonchev–Trinajstić information content (AvgIpc) is 3.02. The summed E-state index contributed by atoms with van der Waals surface area (Å²) in [6.45, 7) is 11.3. The first kappa shape index (κ1) is 38.0. The van der Waals surface area contributed by atoms with Crippen LogP contribution in [0, 0.1) is 11.8 Å². The molecule has 0 aromatic heterocycles. The van der Waals surface area contributed by atoms with E-state index in [9.17, 15) is 28.8 Å². The second kappa shape index (κ2) is 16.4. The first-order valence-electron chi connectivity index (χ1n) is 15.7. The monoisotopic (exact) mass is 646 g/mol. The molecule has 0 radical (unpaired) electrons. The van der Waals surface area contributed by atoms with E-state index >= 15 is 0 Å². The molecule has 1 heterocycles. The smallest absolute Gasteiger partial charge is 0.329 e. The number of nitrogens with zero attached hydrogens (tertiary/aromatic N) is 3. The Bertz CT molecular complexity index is 1280. The van der Waals surface area contributed by atoms with E-state index in [-0.39, 0.29) is 6.42 Å². The Hall–Kier alpha value is -4.16. The van der Waals surface area contributed by atoms with Gasteiger partial charge in [0.2, 0.25) is 0 Å². The fraction of sp³-hybridized carbons (Fsp3) is 0.636. The van der Waals surface area contributed by atoms with Crippen LogP contribution in [0.2, 0.25) is 0 Å². The molecule has 1 aromatic rings. The lowest BCUT2D eigenvalue weighted by Crippen LogP contribution is -2.56. The maximum Gasteiger partial charge on any atom is 0.329 e. The SMILES string of the molecule is CC[C@@H](C)[C@H]1C(=O)O[C@H](Cc2ccccc2N)C(=O)N(C)[C@@H]([C@H](C)CC)C(=O)O[C@H](C)C(=O)N(C)[C@@H](C)C(=O)O[C@H](C)C(=O)N1C. The molecule has 0 saturated carbocycles. The summed E-state index contributed by atoms with van der Waals surface area (Å²) >= 11 is 0. The van der Waals surface area contributed by atoms with Crippen LogP contribution in [0.1, 0.15) is 66.9 Å². The number of anilines is 1. The van der Waals surface area contributed by atoms with E-state index < -0.39 is 83.9 Å². The van der Waals surface area contributed by atoms with Crippen LogP contribution < -0.4 is 5.73 Å². The highest BCUT2D eigenvalue weighted by molar-refractivity contribution is 5.93. The van der Waals surface area contributed by atoms with Crippen LogP contribution in [-0.4, -0.2) is 108 Å². The molecule has 1 aromatic carbocycles. The molecule has 0 aliphatic carbocycles. The van der Waals surface area contributed by atoms with E-state index in [0.29, 0.717) is 24.1 Å². The first-order valence-corrected chi connectivity index (χ1v) is 15.7. The fourth-order valence-electron chi connectivity index (χ4n) is 5.34. The molecule has 1 aliphatic rings. The minimum atomic E-state index is -1.43. The molecule has 0 spiro atoms. The predicted octanol–water partition coefficient (Wildman–Crippen LogP) is 2.19. The zero-order chi connectivity index (χ0) is 35.0. The van der Waals surface area contributed by atoms with E-state index in [1.165, 1.54) is 46.8 Å². The number of benzene rings is 1. The third-order valence-electron chi connectivity index (χ3n) is 8.92.